The van der Waals surface area contributed by atoms with Gasteiger partial charge in [-0.25, -0.2) is 0 Å². The summed E-state index contributed by atoms with van der Waals surface area (Å²) < 4.78 is 4.77. The van der Waals surface area contributed by atoms with E-state index in [1.165, 1.54) is 13.5 Å². The molecule has 0 amide bonds. The van der Waals surface area contributed by atoms with E-state index < -0.39 is 0 Å². The summed E-state index contributed by atoms with van der Waals surface area (Å²) in [7, 11) is 3.60. The van der Waals surface area contributed by atoms with E-state index in [0.717, 1.165) is 13.1 Å². The molecule has 3 nitrogen and oxygen atoms in total. The van der Waals surface area contributed by atoms with Crippen LogP contribution in [0.3, 0.4) is 0 Å². The first kappa shape index (κ1) is 8.05. The van der Waals surface area contributed by atoms with Crippen molar-refractivity contribution in [3.63, 3.8) is 0 Å². The summed E-state index contributed by atoms with van der Waals surface area (Å²) in [5.74, 6) is 1.36. The summed E-state index contributed by atoms with van der Waals surface area (Å²) >= 11 is 0. The molecule has 1 saturated carbocycles. The second-order valence-electron chi connectivity index (χ2n) is 4.03. The molecule has 3 aliphatic rings. The number of hydrogen-bond acceptors (Lipinski definition) is 3. The number of hydrogen-bond donors (Lipinski definition) is 0. The SMILES string of the molecule is COC(=O)C1C2CC1CN(C)C2. The van der Waals surface area contributed by atoms with Gasteiger partial charge in [0.2, 0.25) is 0 Å². The molecule has 0 aromatic heterocycles. The number of esters is 1. The molecule has 0 N–H and O–H groups in total. The average molecular weight is 169 g/mol. The van der Waals surface area contributed by atoms with Gasteiger partial charge in [-0.05, 0) is 25.3 Å². The molecule has 2 atom stereocenters. The lowest BCUT2D eigenvalue weighted by Crippen LogP contribution is -2.56. The first-order chi connectivity index (χ1) is 5.72. The van der Waals surface area contributed by atoms with Gasteiger partial charge in [-0.2, -0.15) is 0 Å². The average Bonchev–Trinajstić information content (AvgIpc) is 2.03. The molecule has 0 aromatic carbocycles. The molecule has 0 spiro atoms. The second kappa shape index (κ2) is 2.73. The van der Waals surface area contributed by atoms with Gasteiger partial charge < -0.3 is 9.64 Å². The van der Waals surface area contributed by atoms with Gasteiger partial charge in [0.1, 0.15) is 0 Å². The Morgan fingerprint density at radius 3 is 2.50 bits per heavy atom. The van der Waals surface area contributed by atoms with Gasteiger partial charge in [-0.15, -0.1) is 0 Å². The fourth-order valence-electron chi connectivity index (χ4n) is 2.64. The van der Waals surface area contributed by atoms with E-state index >= 15 is 0 Å². The monoisotopic (exact) mass is 169 g/mol. The highest BCUT2D eigenvalue weighted by Gasteiger charge is 2.50. The van der Waals surface area contributed by atoms with Crippen molar-refractivity contribution in [3.05, 3.63) is 0 Å². The molecule has 3 heteroatoms. The Morgan fingerprint density at radius 2 is 2.00 bits per heavy atom. The van der Waals surface area contributed by atoms with Crippen LogP contribution in [0, 0.1) is 17.8 Å². The third kappa shape index (κ3) is 1.04. The van der Waals surface area contributed by atoms with E-state index in [9.17, 15) is 4.79 Å². The zero-order valence-electron chi connectivity index (χ0n) is 7.62. The van der Waals surface area contributed by atoms with Crippen molar-refractivity contribution in [1.29, 1.82) is 0 Å². The highest BCUT2D eigenvalue weighted by Crippen LogP contribution is 2.45. The first-order valence-corrected chi connectivity index (χ1v) is 4.48. The first-order valence-electron chi connectivity index (χ1n) is 4.48. The van der Waals surface area contributed by atoms with E-state index in [4.69, 9.17) is 4.74 Å². The molecule has 68 valence electrons. The molecular formula is C9H15NO2. The topological polar surface area (TPSA) is 29.5 Å². The summed E-state index contributed by atoms with van der Waals surface area (Å²) in [4.78, 5) is 13.6. The normalized spacial score (nSPS) is 40.3. The third-order valence-electron chi connectivity index (χ3n) is 3.19. The van der Waals surface area contributed by atoms with Gasteiger partial charge in [0, 0.05) is 13.1 Å². The van der Waals surface area contributed by atoms with E-state index in [1.807, 2.05) is 0 Å². The van der Waals surface area contributed by atoms with Crippen LogP contribution < -0.4 is 0 Å². The molecular weight excluding hydrogens is 154 g/mol. The lowest BCUT2D eigenvalue weighted by molar-refractivity contribution is -0.162. The van der Waals surface area contributed by atoms with E-state index in [2.05, 4.69) is 11.9 Å². The number of piperidine rings is 2. The van der Waals surface area contributed by atoms with Gasteiger partial charge in [-0.1, -0.05) is 0 Å². The number of rotatable bonds is 1. The Bertz CT molecular complexity index is 193. The highest BCUT2D eigenvalue weighted by molar-refractivity contribution is 5.74. The predicted octanol–water partition coefficient (Wildman–Crippen LogP) is 0.357. The van der Waals surface area contributed by atoms with Crippen molar-refractivity contribution < 1.29 is 9.53 Å². The van der Waals surface area contributed by atoms with Gasteiger partial charge in [0.05, 0.1) is 13.0 Å². The minimum absolute atomic E-state index is 0.00403. The van der Waals surface area contributed by atoms with Gasteiger partial charge in [-0.3, -0.25) is 4.79 Å². The Morgan fingerprint density at radius 1 is 1.42 bits per heavy atom. The smallest absolute Gasteiger partial charge is 0.309 e. The summed E-state index contributed by atoms with van der Waals surface area (Å²) in [6.07, 6.45) is 1.23. The Kier molecular flexibility index (Phi) is 1.83. The van der Waals surface area contributed by atoms with Gasteiger partial charge in [0.25, 0.3) is 0 Å². The van der Waals surface area contributed by atoms with Crippen molar-refractivity contribution in [2.24, 2.45) is 17.8 Å². The van der Waals surface area contributed by atoms with Gasteiger partial charge in [0.15, 0.2) is 0 Å². The number of fused-ring (bicyclic) bond motifs is 2. The van der Waals surface area contributed by atoms with Crippen molar-refractivity contribution >= 4 is 5.97 Å². The van der Waals surface area contributed by atoms with Crippen LogP contribution in [0.4, 0.5) is 0 Å². The summed E-state index contributed by atoms with van der Waals surface area (Å²) in [6, 6.07) is 0. The van der Waals surface area contributed by atoms with Crippen LogP contribution in [0.2, 0.25) is 0 Å². The second-order valence-corrected chi connectivity index (χ2v) is 4.03. The largest absolute Gasteiger partial charge is 0.469 e. The maximum atomic E-state index is 11.3. The zero-order valence-corrected chi connectivity index (χ0v) is 7.62. The standard InChI is InChI=1S/C9H15NO2/c1-10-4-6-3-7(5-10)8(6)9(11)12-2/h6-8H,3-5H2,1-2H3. The number of ether oxygens (including phenoxy) is 1. The molecule has 2 aliphatic heterocycles. The van der Waals surface area contributed by atoms with Crippen LogP contribution in [-0.2, 0) is 9.53 Å². The lowest BCUT2D eigenvalue weighted by Gasteiger charge is -2.51. The molecule has 2 saturated heterocycles. The number of nitrogens with zero attached hydrogens (tertiary/aromatic N) is 1. The van der Waals surface area contributed by atoms with Crippen LogP contribution in [0.25, 0.3) is 0 Å². The minimum atomic E-state index is 0.00403. The molecule has 2 bridgehead atoms. The third-order valence-corrected chi connectivity index (χ3v) is 3.19. The maximum Gasteiger partial charge on any atom is 0.309 e. The molecule has 3 fully saturated rings. The molecule has 3 rings (SSSR count). The van der Waals surface area contributed by atoms with E-state index in [-0.39, 0.29) is 11.9 Å². The highest BCUT2D eigenvalue weighted by atomic mass is 16.5. The molecule has 2 heterocycles. The number of methoxy groups -OCH3 is 1. The molecule has 2 unspecified atom stereocenters. The Labute approximate surface area is 72.7 Å². The number of carbonyl (C=O) groups is 1. The summed E-state index contributed by atoms with van der Waals surface area (Å²) in [5, 5.41) is 0. The fraction of sp³-hybridized carbons (Fsp3) is 0.889. The van der Waals surface area contributed by atoms with Crippen molar-refractivity contribution in [1.82, 2.24) is 4.90 Å². The van der Waals surface area contributed by atoms with Crippen LogP contribution >= 0.6 is 0 Å². The summed E-state index contributed by atoms with van der Waals surface area (Å²) in [6.45, 7) is 2.13. The summed E-state index contributed by atoms with van der Waals surface area (Å²) in [5.41, 5.74) is 0. The van der Waals surface area contributed by atoms with E-state index in [1.54, 1.807) is 0 Å². The molecule has 12 heavy (non-hydrogen) atoms. The van der Waals surface area contributed by atoms with Crippen LogP contribution in [0.1, 0.15) is 6.42 Å². The van der Waals surface area contributed by atoms with Gasteiger partial charge >= 0.3 is 5.97 Å². The van der Waals surface area contributed by atoms with Crippen molar-refractivity contribution in [2.75, 3.05) is 27.2 Å². The fourth-order valence-corrected chi connectivity index (χ4v) is 2.64. The van der Waals surface area contributed by atoms with Crippen LogP contribution in [0.15, 0.2) is 0 Å². The van der Waals surface area contributed by atoms with E-state index in [0.29, 0.717) is 11.8 Å². The minimum Gasteiger partial charge on any atom is -0.469 e. The van der Waals surface area contributed by atoms with Crippen molar-refractivity contribution in [3.8, 4) is 0 Å². The van der Waals surface area contributed by atoms with Crippen LogP contribution in [-0.4, -0.2) is 38.1 Å². The van der Waals surface area contributed by atoms with Crippen LogP contribution in [0.5, 0.6) is 0 Å². The zero-order chi connectivity index (χ0) is 8.72. The molecule has 0 radical (unpaired) electrons. The molecule has 1 aliphatic carbocycles. The Balaban J connectivity index is 2.00. The molecule has 0 aromatic rings. The lowest BCUT2D eigenvalue weighted by atomic mass is 9.62. The Hall–Kier alpha value is -0.570. The quantitative estimate of drug-likeness (QED) is 0.531. The number of carbonyl (C=O) groups excluding carboxylic acids is 1. The predicted molar refractivity (Wildman–Crippen MR) is 44.6 cm³/mol. The van der Waals surface area contributed by atoms with Crippen molar-refractivity contribution in [2.45, 2.75) is 6.42 Å². The maximum absolute atomic E-state index is 11.3.